The van der Waals surface area contributed by atoms with Crippen LogP contribution in [0.5, 0.6) is 0 Å². The van der Waals surface area contributed by atoms with Crippen LogP contribution in [0.3, 0.4) is 0 Å². The Morgan fingerprint density at radius 1 is 1.35 bits per heavy atom. The average Bonchev–Trinajstić information content (AvgIpc) is 2.67. The lowest BCUT2D eigenvalue weighted by Crippen LogP contribution is -2.55. The number of fused-ring (bicyclic) bond motifs is 3. The van der Waals surface area contributed by atoms with Crippen molar-refractivity contribution in [1.29, 1.82) is 0 Å². The van der Waals surface area contributed by atoms with E-state index >= 15 is 0 Å². The van der Waals surface area contributed by atoms with E-state index in [4.69, 9.17) is 0 Å². The van der Waals surface area contributed by atoms with E-state index in [2.05, 4.69) is 29.0 Å². The Labute approximate surface area is 107 Å². The first-order valence-corrected chi connectivity index (χ1v) is 7.42. The Hall–Kier alpha value is -0.450. The van der Waals surface area contributed by atoms with Crippen molar-refractivity contribution in [2.24, 2.45) is 5.92 Å². The second kappa shape index (κ2) is 4.67. The molecule has 4 heteroatoms. The molecular formula is C13H21N3S. The third-order valence-corrected chi connectivity index (χ3v) is 5.25. The van der Waals surface area contributed by atoms with Crippen LogP contribution in [0.15, 0.2) is 0 Å². The van der Waals surface area contributed by atoms with Crippen LogP contribution in [0.4, 0.5) is 0 Å². The summed E-state index contributed by atoms with van der Waals surface area (Å²) in [5, 5.41) is 4.94. The summed E-state index contributed by atoms with van der Waals surface area (Å²) >= 11 is 1.84. The van der Waals surface area contributed by atoms with E-state index in [1.807, 2.05) is 11.3 Å². The van der Waals surface area contributed by atoms with Crippen LogP contribution >= 0.6 is 11.3 Å². The highest BCUT2D eigenvalue weighted by atomic mass is 32.1. The molecule has 4 heterocycles. The van der Waals surface area contributed by atoms with Crippen LogP contribution in [-0.4, -0.2) is 35.6 Å². The average molecular weight is 251 g/mol. The van der Waals surface area contributed by atoms with Gasteiger partial charge in [-0.25, -0.2) is 4.98 Å². The minimum Gasteiger partial charge on any atom is -0.307 e. The molecule has 4 rings (SSSR count). The van der Waals surface area contributed by atoms with Crippen LogP contribution in [0.1, 0.15) is 28.4 Å². The van der Waals surface area contributed by atoms with E-state index in [1.165, 1.54) is 48.1 Å². The van der Waals surface area contributed by atoms with Gasteiger partial charge in [-0.1, -0.05) is 0 Å². The minimum atomic E-state index is 0.708. The number of piperidine rings is 3. The van der Waals surface area contributed by atoms with Gasteiger partial charge in [-0.3, -0.25) is 0 Å². The molecule has 3 aliphatic rings. The first-order valence-electron chi connectivity index (χ1n) is 6.61. The highest BCUT2D eigenvalue weighted by Crippen LogP contribution is 2.28. The van der Waals surface area contributed by atoms with Crippen LogP contribution < -0.4 is 5.32 Å². The second-order valence-corrected chi connectivity index (χ2v) is 6.65. The quantitative estimate of drug-likeness (QED) is 0.890. The first-order chi connectivity index (χ1) is 8.22. The number of nitrogens with zero attached hydrogens (tertiary/aromatic N) is 2. The molecule has 0 radical (unpaired) electrons. The molecule has 1 unspecified atom stereocenters. The lowest BCUT2D eigenvalue weighted by atomic mass is 9.84. The van der Waals surface area contributed by atoms with Gasteiger partial charge in [-0.2, -0.15) is 0 Å². The SMILES string of the molecule is Cc1nc(C)c(CNC2CN3CCC2CC3)s1. The molecule has 0 amide bonds. The van der Waals surface area contributed by atoms with Gasteiger partial charge >= 0.3 is 0 Å². The molecule has 0 saturated carbocycles. The molecule has 1 N–H and O–H groups in total. The lowest BCUT2D eigenvalue weighted by Gasteiger charge is -2.45. The number of thiazole rings is 1. The molecule has 0 aromatic carbocycles. The van der Waals surface area contributed by atoms with Crippen molar-refractivity contribution in [3.63, 3.8) is 0 Å². The normalized spacial score (nSPS) is 32.0. The molecule has 3 aliphatic heterocycles. The van der Waals surface area contributed by atoms with Gasteiger partial charge in [0.05, 0.1) is 10.7 Å². The van der Waals surface area contributed by atoms with Gasteiger partial charge in [-0.05, 0) is 45.7 Å². The van der Waals surface area contributed by atoms with Crippen molar-refractivity contribution in [2.45, 2.75) is 39.3 Å². The summed E-state index contributed by atoms with van der Waals surface area (Å²) in [4.78, 5) is 8.51. The summed E-state index contributed by atoms with van der Waals surface area (Å²) in [5.74, 6) is 0.911. The van der Waals surface area contributed by atoms with Crippen LogP contribution in [0.25, 0.3) is 0 Å². The number of hydrogen-bond acceptors (Lipinski definition) is 4. The third-order valence-electron chi connectivity index (χ3n) is 4.18. The smallest absolute Gasteiger partial charge is 0.0900 e. The number of hydrogen-bond donors (Lipinski definition) is 1. The molecule has 94 valence electrons. The number of aromatic nitrogens is 1. The van der Waals surface area contributed by atoms with Gasteiger partial charge in [0.25, 0.3) is 0 Å². The molecule has 1 atom stereocenters. The molecule has 0 aliphatic carbocycles. The molecular weight excluding hydrogens is 230 g/mol. The van der Waals surface area contributed by atoms with E-state index in [0.717, 1.165) is 12.5 Å². The third kappa shape index (κ3) is 2.39. The van der Waals surface area contributed by atoms with Gasteiger partial charge in [0, 0.05) is 24.0 Å². The first kappa shape index (κ1) is 11.6. The number of nitrogens with one attached hydrogen (secondary N) is 1. The van der Waals surface area contributed by atoms with E-state index in [1.54, 1.807) is 0 Å². The van der Waals surface area contributed by atoms with Crippen molar-refractivity contribution < 1.29 is 0 Å². The molecule has 3 saturated heterocycles. The van der Waals surface area contributed by atoms with Crippen molar-refractivity contribution >= 4 is 11.3 Å². The summed E-state index contributed by atoms with van der Waals surface area (Å²) in [7, 11) is 0. The monoisotopic (exact) mass is 251 g/mol. The fraction of sp³-hybridized carbons (Fsp3) is 0.769. The van der Waals surface area contributed by atoms with E-state index < -0.39 is 0 Å². The summed E-state index contributed by atoms with van der Waals surface area (Å²) in [5.41, 5.74) is 1.21. The zero-order chi connectivity index (χ0) is 11.8. The van der Waals surface area contributed by atoms with Gasteiger partial charge in [0.1, 0.15) is 0 Å². The Balaban J connectivity index is 1.59. The Morgan fingerprint density at radius 3 is 2.65 bits per heavy atom. The van der Waals surface area contributed by atoms with E-state index in [0.29, 0.717) is 6.04 Å². The van der Waals surface area contributed by atoms with Crippen LogP contribution in [0.2, 0.25) is 0 Å². The Bertz CT molecular complexity index is 393. The molecule has 0 spiro atoms. The molecule has 3 nitrogen and oxygen atoms in total. The molecule has 17 heavy (non-hydrogen) atoms. The highest BCUT2D eigenvalue weighted by molar-refractivity contribution is 7.11. The van der Waals surface area contributed by atoms with Crippen molar-refractivity contribution in [1.82, 2.24) is 15.2 Å². The fourth-order valence-corrected chi connectivity index (χ4v) is 4.05. The maximum Gasteiger partial charge on any atom is 0.0900 e. The predicted molar refractivity (Wildman–Crippen MR) is 71.4 cm³/mol. The zero-order valence-corrected chi connectivity index (χ0v) is 11.5. The molecule has 3 fully saturated rings. The molecule has 2 bridgehead atoms. The fourth-order valence-electron chi connectivity index (χ4n) is 3.16. The number of rotatable bonds is 3. The highest BCUT2D eigenvalue weighted by Gasteiger charge is 2.33. The summed E-state index contributed by atoms with van der Waals surface area (Å²) in [6.07, 6.45) is 2.77. The van der Waals surface area contributed by atoms with Gasteiger partial charge in [0.15, 0.2) is 0 Å². The van der Waals surface area contributed by atoms with Crippen molar-refractivity contribution in [3.05, 3.63) is 15.6 Å². The van der Waals surface area contributed by atoms with Crippen molar-refractivity contribution in [3.8, 4) is 0 Å². The van der Waals surface area contributed by atoms with E-state index in [9.17, 15) is 0 Å². The molecule has 1 aromatic rings. The van der Waals surface area contributed by atoms with Crippen molar-refractivity contribution in [2.75, 3.05) is 19.6 Å². The minimum absolute atomic E-state index is 0.708. The van der Waals surface area contributed by atoms with Crippen LogP contribution in [0, 0.1) is 19.8 Å². The molecule has 1 aromatic heterocycles. The standard InChI is InChI=1S/C13H21N3S/c1-9-13(17-10(2)15-9)7-14-12-8-16-5-3-11(12)4-6-16/h11-12,14H,3-8H2,1-2H3. The Morgan fingerprint density at radius 2 is 2.12 bits per heavy atom. The largest absolute Gasteiger partial charge is 0.307 e. The van der Waals surface area contributed by atoms with E-state index in [-0.39, 0.29) is 0 Å². The predicted octanol–water partition coefficient (Wildman–Crippen LogP) is 1.94. The van der Waals surface area contributed by atoms with Gasteiger partial charge in [-0.15, -0.1) is 11.3 Å². The zero-order valence-electron chi connectivity index (χ0n) is 10.7. The second-order valence-electron chi connectivity index (χ2n) is 5.37. The Kier molecular flexibility index (Phi) is 3.19. The number of aryl methyl sites for hydroxylation is 2. The van der Waals surface area contributed by atoms with Gasteiger partial charge < -0.3 is 10.2 Å². The lowest BCUT2D eigenvalue weighted by molar-refractivity contribution is 0.0721. The van der Waals surface area contributed by atoms with Crippen LogP contribution in [-0.2, 0) is 6.54 Å². The maximum absolute atomic E-state index is 4.49. The summed E-state index contributed by atoms with van der Waals surface area (Å²) in [6.45, 7) is 9.11. The maximum atomic E-state index is 4.49. The summed E-state index contributed by atoms with van der Waals surface area (Å²) < 4.78 is 0. The van der Waals surface area contributed by atoms with Gasteiger partial charge in [0.2, 0.25) is 0 Å². The summed E-state index contributed by atoms with van der Waals surface area (Å²) in [6, 6.07) is 0.708. The topological polar surface area (TPSA) is 28.2 Å².